The van der Waals surface area contributed by atoms with Crippen LogP contribution in [-0.4, -0.2) is 34.3 Å². The lowest BCUT2D eigenvalue weighted by Crippen LogP contribution is -2.31. The minimum absolute atomic E-state index is 0.426. The highest BCUT2D eigenvalue weighted by molar-refractivity contribution is 7.88. The van der Waals surface area contributed by atoms with Gasteiger partial charge in [-0.3, -0.25) is 0 Å². The van der Waals surface area contributed by atoms with Crippen molar-refractivity contribution in [3.8, 4) is 0 Å². The molecule has 0 saturated heterocycles. The molecular weight excluding hydrogens is 188 g/mol. The third-order valence-electron chi connectivity index (χ3n) is 1.54. The highest BCUT2D eigenvalue weighted by Crippen LogP contribution is 1.91. The van der Waals surface area contributed by atoms with E-state index in [0.717, 1.165) is 24.8 Å². The van der Waals surface area contributed by atoms with Crippen molar-refractivity contribution in [2.75, 3.05) is 25.9 Å². The van der Waals surface area contributed by atoms with E-state index in [9.17, 15) is 8.42 Å². The second kappa shape index (κ2) is 6.12. The van der Waals surface area contributed by atoms with Crippen LogP contribution in [0.2, 0.25) is 0 Å². The first-order valence-electron chi connectivity index (χ1n) is 4.27. The van der Waals surface area contributed by atoms with Crippen molar-refractivity contribution in [2.45, 2.75) is 13.3 Å². The van der Waals surface area contributed by atoms with E-state index in [1.807, 2.05) is 6.92 Å². The van der Waals surface area contributed by atoms with Gasteiger partial charge in [0.25, 0.3) is 0 Å². The highest BCUT2D eigenvalue weighted by atomic mass is 32.2. The maximum Gasteiger partial charge on any atom is 0.208 e. The van der Waals surface area contributed by atoms with Crippen LogP contribution in [0.4, 0.5) is 0 Å². The minimum Gasteiger partial charge on any atom is -0.312 e. The van der Waals surface area contributed by atoms with Crippen LogP contribution in [0.15, 0.2) is 12.2 Å². The van der Waals surface area contributed by atoms with Gasteiger partial charge in [-0.2, -0.15) is 0 Å². The molecule has 0 radical (unpaired) electrons. The van der Waals surface area contributed by atoms with Gasteiger partial charge in [-0.05, 0) is 6.42 Å². The lowest BCUT2D eigenvalue weighted by atomic mass is 10.2. The maximum atomic E-state index is 10.6. The topological polar surface area (TPSA) is 58.2 Å². The molecule has 0 heterocycles. The molecule has 0 aromatic heterocycles. The Balaban J connectivity index is 3.33. The van der Waals surface area contributed by atoms with Gasteiger partial charge in [0.2, 0.25) is 10.0 Å². The number of sulfonamides is 1. The first kappa shape index (κ1) is 12.6. The predicted octanol–water partition coefficient (Wildman–Crippen LogP) is 0.0914. The summed E-state index contributed by atoms with van der Waals surface area (Å²) in [5.41, 5.74) is 1.12. The van der Waals surface area contributed by atoms with Gasteiger partial charge in [0.15, 0.2) is 0 Å². The standard InChI is InChI=1S/C8H18N2O2S/c1-4-8(2)7-9-5-6-10-13(3,11)12/h9-10H,2,4-7H2,1,3H3. The molecule has 0 amide bonds. The Bertz CT molecular complexity index is 247. The van der Waals surface area contributed by atoms with Crippen molar-refractivity contribution in [1.29, 1.82) is 0 Å². The average Bonchev–Trinajstić information content (AvgIpc) is 2.01. The third-order valence-corrected chi connectivity index (χ3v) is 2.27. The van der Waals surface area contributed by atoms with E-state index in [1.165, 1.54) is 0 Å². The Labute approximate surface area is 80.5 Å². The molecule has 2 N–H and O–H groups in total. The number of rotatable bonds is 7. The zero-order valence-corrected chi connectivity index (χ0v) is 9.08. The van der Waals surface area contributed by atoms with Crippen LogP contribution in [0.25, 0.3) is 0 Å². The maximum absolute atomic E-state index is 10.6. The molecule has 13 heavy (non-hydrogen) atoms. The molecule has 0 aliphatic heterocycles. The van der Waals surface area contributed by atoms with Crippen LogP contribution in [-0.2, 0) is 10.0 Å². The van der Waals surface area contributed by atoms with Gasteiger partial charge in [-0.25, -0.2) is 13.1 Å². The van der Waals surface area contributed by atoms with Crippen LogP contribution < -0.4 is 10.0 Å². The molecule has 78 valence electrons. The summed E-state index contributed by atoms with van der Waals surface area (Å²) in [7, 11) is -3.04. The molecule has 0 aromatic carbocycles. The minimum atomic E-state index is -3.04. The van der Waals surface area contributed by atoms with E-state index < -0.39 is 10.0 Å². The van der Waals surface area contributed by atoms with Crippen LogP contribution in [0.1, 0.15) is 13.3 Å². The quantitative estimate of drug-likeness (QED) is 0.458. The fourth-order valence-electron chi connectivity index (χ4n) is 0.715. The lowest BCUT2D eigenvalue weighted by molar-refractivity contribution is 0.583. The Hall–Kier alpha value is -0.390. The number of hydrogen-bond donors (Lipinski definition) is 2. The Morgan fingerprint density at radius 2 is 2.00 bits per heavy atom. The average molecular weight is 206 g/mol. The van der Waals surface area contributed by atoms with Gasteiger partial charge in [0.1, 0.15) is 0 Å². The smallest absolute Gasteiger partial charge is 0.208 e. The number of nitrogens with one attached hydrogen (secondary N) is 2. The van der Waals surface area contributed by atoms with Crippen molar-refractivity contribution in [3.05, 3.63) is 12.2 Å². The van der Waals surface area contributed by atoms with Gasteiger partial charge < -0.3 is 5.32 Å². The molecule has 0 aliphatic carbocycles. The van der Waals surface area contributed by atoms with E-state index >= 15 is 0 Å². The molecule has 0 aliphatic rings. The van der Waals surface area contributed by atoms with Gasteiger partial charge >= 0.3 is 0 Å². The molecule has 0 bridgehead atoms. The van der Waals surface area contributed by atoms with Gasteiger partial charge in [0.05, 0.1) is 6.26 Å². The molecule has 5 heteroatoms. The fraction of sp³-hybridized carbons (Fsp3) is 0.750. The third kappa shape index (κ3) is 9.52. The molecular formula is C8H18N2O2S. The summed E-state index contributed by atoms with van der Waals surface area (Å²) in [6, 6.07) is 0. The second-order valence-corrected chi connectivity index (χ2v) is 4.78. The Morgan fingerprint density at radius 1 is 1.38 bits per heavy atom. The summed E-state index contributed by atoms with van der Waals surface area (Å²) in [6.45, 7) is 7.67. The molecule has 0 rings (SSSR count). The molecule has 0 saturated carbocycles. The molecule has 0 atom stereocenters. The first-order valence-corrected chi connectivity index (χ1v) is 6.17. The summed E-state index contributed by atoms with van der Waals surface area (Å²) in [6.07, 6.45) is 2.10. The van der Waals surface area contributed by atoms with Crippen LogP contribution in [0.3, 0.4) is 0 Å². The Morgan fingerprint density at radius 3 is 2.46 bits per heavy atom. The van der Waals surface area contributed by atoms with Crippen LogP contribution in [0.5, 0.6) is 0 Å². The molecule has 0 unspecified atom stereocenters. The van der Waals surface area contributed by atoms with Crippen molar-refractivity contribution < 1.29 is 8.42 Å². The summed E-state index contributed by atoms with van der Waals surface area (Å²) in [4.78, 5) is 0. The molecule has 0 aromatic rings. The first-order chi connectivity index (χ1) is 5.95. The van der Waals surface area contributed by atoms with E-state index in [1.54, 1.807) is 0 Å². The van der Waals surface area contributed by atoms with Crippen molar-refractivity contribution in [3.63, 3.8) is 0 Å². The van der Waals surface area contributed by atoms with Crippen molar-refractivity contribution >= 4 is 10.0 Å². The fourth-order valence-corrected chi connectivity index (χ4v) is 1.19. The molecule has 0 spiro atoms. The summed E-state index contributed by atoms with van der Waals surface area (Å²) in [5.74, 6) is 0. The van der Waals surface area contributed by atoms with E-state index in [4.69, 9.17) is 0 Å². The SMILES string of the molecule is C=C(CC)CNCCNS(C)(=O)=O. The van der Waals surface area contributed by atoms with Gasteiger partial charge in [0, 0.05) is 19.6 Å². The summed E-state index contributed by atoms with van der Waals surface area (Å²) < 4.78 is 23.6. The van der Waals surface area contributed by atoms with Crippen LogP contribution >= 0.6 is 0 Å². The van der Waals surface area contributed by atoms with Crippen LogP contribution in [0, 0.1) is 0 Å². The predicted molar refractivity (Wildman–Crippen MR) is 55.1 cm³/mol. The summed E-state index contributed by atoms with van der Waals surface area (Å²) >= 11 is 0. The normalized spacial score (nSPS) is 11.5. The largest absolute Gasteiger partial charge is 0.312 e. The van der Waals surface area contributed by atoms with E-state index in [2.05, 4.69) is 16.6 Å². The van der Waals surface area contributed by atoms with E-state index in [0.29, 0.717) is 13.1 Å². The molecule has 4 nitrogen and oxygen atoms in total. The van der Waals surface area contributed by atoms with Crippen molar-refractivity contribution in [1.82, 2.24) is 10.0 Å². The number of hydrogen-bond acceptors (Lipinski definition) is 3. The lowest BCUT2D eigenvalue weighted by Gasteiger charge is -2.05. The van der Waals surface area contributed by atoms with Gasteiger partial charge in [-0.1, -0.05) is 19.1 Å². The second-order valence-electron chi connectivity index (χ2n) is 2.95. The van der Waals surface area contributed by atoms with Crippen molar-refractivity contribution in [2.24, 2.45) is 0 Å². The monoisotopic (exact) mass is 206 g/mol. The Kier molecular flexibility index (Phi) is 5.94. The zero-order chi connectivity index (χ0) is 10.3. The zero-order valence-electron chi connectivity index (χ0n) is 8.26. The highest BCUT2D eigenvalue weighted by Gasteiger charge is 1.97. The van der Waals surface area contributed by atoms with Gasteiger partial charge in [-0.15, -0.1) is 0 Å². The van der Waals surface area contributed by atoms with E-state index in [-0.39, 0.29) is 0 Å². The molecule has 0 fully saturated rings. The summed E-state index contributed by atoms with van der Waals surface area (Å²) in [5, 5.41) is 3.08.